The average Bonchev–Trinajstić information content (AvgIpc) is 3.14. The Morgan fingerprint density at radius 1 is 0.923 bits per heavy atom. The zero-order valence-electron chi connectivity index (χ0n) is 15.5. The predicted molar refractivity (Wildman–Crippen MR) is 98.9 cm³/mol. The van der Waals surface area contributed by atoms with Crippen LogP contribution < -0.4 is 24.8 Å². The summed E-state index contributed by atoms with van der Waals surface area (Å²) in [6.07, 6.45) is 9.02. The van der Waals surface area contributed by atoms with Crippen LogP contribution in [0, 0.1) is 0 Å². The number of rotatable bonds is 2. The van der Waals surface area contributed by atoms with Gasteiger partial charge in [0.1, 0.15) is 0 Å². The molecule has 0 saturated carbocycles. The molecule has 1 atom stereocenters. The Morgan fingerprint density at radius 3 is 2.27 bits per heavy atom. The molecule has 0 N–H and O–H groups in total. The van der Waals surface area contributed by atoms with Gasteiger partial charge >= 0.3 is 26.2 Å². The summed E-state index contributed by atoms with van der Waals surface area (Å²) in [5.74, 6) is 0.509. The summed E-state index contributed by atoms with van der Waals surface area (Å²) in [5.41, 5.74) is 9.17. The molecule has 2 aromatic rings. The summed E-state index contributed by atoms with van der Waals surface area (Å²) in [6, 6.07) is 15.9. The predicted octanol–water partition coefficient (Wildman–Crippen LogP) is 0.378. The van der Waals surface area contributed by atoms with E-state index in [0.717, 1.165) is 12.8 Å². The molecule has 134 valence electrons. The maximum atomic E-state index is 2.35. The van der Waals surface area contributed by atoms with Gasteiger partial charge in [-0.1, -0.05) is 87.0 Å². The number of hydrogen-bond acceptors (Lipinski definition) is 0. The minimum atomic E-state index is 0. The van der Waals surface area contributed by atoms with E-state index in [1.54, 1.807) is 5.57 Å². The molecule has 0 spiro atoms. The van der Waals surface area contributed by atoms with E-state index in [0.29, 0.717) is 5.92 Å². The van der Waals surface area contributed by atoms with Crippen LogP contribution in [0.15, 0.2) is 66.3 Å². The molecule has 0 heterocycles. The van der Waals surface area contributed by atoms with Gasteiger partial charge in [0.25, 0.3) is 0 Å². The second kappa shape index (κ2) is 9.05. The van der Waals surface area contributed by atoms with E-state index in [-0.39, 0.29) is 56.4 Å². The number of halogens is 2. The van der Waals surface area contributed by atoms with Crippen molar-refractivity contribution in [2.24, 2.45) is 0 Å². The van der Waals surface area contributed by atoms with Crippen LogP contribution in [0.4, 0.5) is 0 Å². The maximum absolute atomic E-state index is 2.35. The van der Waals surface area contributed by atoms with Crippen LogP contribution in [0.1, 0.15) is 56.2 Å². The van der Waals surface area contributed by atoms with E-state index in [1.165, 1.54) is 27.8 Å². The summed E-state index contributed by atoms with van der Waals surface area (Å²) in [7, 11) is 0. The molecule has 0 amide bonds. The minimum absolute atomic E-state index is 0. The van der Waals surface area contributed by atoms with E-state index in [1.807, 2.05) is 0 Å². The molecular formula is C23H24Cl2Zr. The van der Waals surface area contributed by atoms with Crippen molar-refractivity contribution in [1.29, 1.82) is 0 Å². The molecule has 0 bridgehead atoms. The third kappa shape index (κ3) is 4.11. The zero-order chi connectivity index (χ0) is 16.0. The second-order valence-electron chi connectivity index (χ2n) is 7.82. The minimum Gasteiger partial charge on any atom is -1.00 e. The molecule has 2 aromatic carbocycles. The molecule has 0 saturated heterocycles. The van der Waals surface area contributed by atoms with Crippen LogP contribution in [0.3, 0.4) is 0 Å². The smallest absolute Gasteiger partial charge is 1.00 e. The van der Waals surface area contributed by atoms with E-state index < -0.39 is 0 Å². The van der Waals surface area contributed by atoms with Crippen molar-refractivity contribution in [3.05, 3.63) is 83.0 Å². The third-order valence-electron chi connectivity index (χ3n) is 5.20. The van der Waals surface area contributed by atoms with Gasteiger partial charge in [0.2, 0.25) is 0 Å². The molecule has 0 aliphatic heterocycles. The van der Waals surface area contributed by atoms with Gasteiger partial charge in [0, 0.05) is 5.92 Å². The van der Waals surface area contributed by atoms with Crippen LogP contribution >= 0.6 is 0 Å². The van der Waals surface area contributed by atoms with Gasteiger partial charge in [0.15, 0.2) is 0 Å². The fourth-order valence-electron chi connectivity index (χ4n) is 4.11. The Labute approximate surface area is 189 Å². The quantitative estimate of drug-likeness (QED) is 0.606. The number of benzene rings is 2. The molecule has 26 heavy (non-hydrogen) atoms. The number of allylic oxidation sites excluding steroid dienone is 4. The van der Waals surface area contributed by atoms with Gasteiger partial charge < -0.3 is 24.8 Å². The van der Waals surface area contributed by atoms with Crippen molar-refractivity contribution < 1.29 is 51.0 Å². The van der Waals surface area contributed by atoms with Gasteiger partial charge in [-0.3, -0.25) is 0 Å². The standard InChI is InChI=1S/C23H24.2ClH.Zr/c1-23(2,3)21-14-8-13-19-20(15-16-9-4-5-10-16)17-11-6-7-12-18(17)22(19)21;;;/h4-9,11-14,20H,10,15H2,1-3H3;2*1H;/q;;;+2/p-2. The monoisotopic (exact) mass is 460 g/mol. The van der Waals surface area contributed by atoms with Crippen LogP contribution in [0.2, 0.25) is 0 Å². The molecule has 2 aliphatic rings. The van der Waals surface area contributed by atoms with Crippen molar-refractivity contribution in [2.45, 2.75) is 44.9 Å². The number of fused-ring (bicyclic) bond motifs is 3. The molecule has 3 heteroatoms. The molecule has 4 rings (SSSR count). The molecule has 0 aromatic heterocycles. The van der Waals surface area contributed by atoms with E-state index in [9.17, 15) is 0 Å². The SMILES string of the molecule is CC(C)(C)c1cccc2c1-c1ccccc1C2CC1=CC=CC1.[Cl-].[Cl-].[Zr+2]. The van der Waals surface area contributed by atoms with Gasteiger partial charge in [-0.15, -0.1) is 0 Å². The summed E-state index contributed by atoms with van der Waals surface area (Å²) >= 11 is 0. The largest absolute Gasteiger partial charge is 2.00 e. The first-order chi connectivity index (χ1) is 11.1. The van der Waals surface area contributed by atoms with E-state index in [2.05, 4.69) is 81.5 Å². The van der Waals surface area contributed by atoms with Crippen LogP contribution in [-0.4, -0.2) is 0 Å². The fraction of sp³-hybridized carbons (Fsp3) is 0.304. The van der Waals surface area contributed by atoms with Gasteiger partial charge in [-0.25, -0.2) is 0 Å². The van der Waals surface area contributed by atoms with E-state index in [4.69, 9.17) is 0 Å². The first-order valence-corrected chi connectivity index (χ1v) is 8.63. The second-order valence-corrected chi connectivity index (χ2v) is 7.82. The first-order valence-electron chi connectivity index (χ1n) is 8.63. The Morgan fingerprint density at radius 2 is 1.62 bits per heavy atom. The fourth-order valence-corrected chi connectivity index (χ4v) is 4.11. The third-order valence-corrected chi connectivity index (χ3v) is 5.20. The first kappa shape index (κ1) is 23.4. The molecule has 2 aliphatic carbocycles. The Bertz CT molecular complexity index is 828. The summed E-state index contributed by atoms with van der Waals surface area (Å²) in [5, 5.41) is 0. The van der Waals surface area contributed by atoms with Gasteiger partial charge in [-0.2, -0.15) is 0 Å². The Hall–Kier alpha value is -0.617. The topological polar surface area (TPSA) is 0 Å². The molecular weight excluding hydrogens is 438 g/mol. The molecule has 0 nitrogen and oxygen atoms in total. The van der Waals surface area contributed by atoms with Crippen molar-refractivity contribution >= 4 is 0 Å². The molecule has 1 unspecified atom stereocenters. The Kier molecular flexibility index (Phi) is 8.15. The van der Waals surface area contributed by atoms with Crippen molar-refractivity contribution in [3.63, 3.8) is 0 Å². The van der Waals surface area contributed by atoms with Crippen LogP contribution in [-0.2, 0) is 31.6 Å². The summed E-state index contributed by atoms with van der Waals surface area (Å²) in [4.78, 5) is 0. The molecule has 0 radical (unpaired) electrons. The van der Waals surface area contributed by atoms with Crippen LogP contribution in [0.5, 0.6) is 0 Å². The molecule has 0 fully saturated rings. The van der Waals surface area contributed by atoms with Crippen LogP contribution in [0.25, 0.3) is 11.1 Å². The zero-order valence-corrected chi connectivity index (χ0v) is 19.5. The Balaban J connectivity index is 0.00000113. The van der Waals surface area contributed by atoms with E-state index >= 15 is 0 Å². The number of hydrogen-bond donors (Lipinski definition) is 0. The van der Waals surface area contributed by atoms with Gasteiger partial charge in [0.05, 0.1) is 0 Å². The summed E-state index contributed by atoms with van der Waals surface area (Å²) in [6.45, 7) is 6.96. The normalized spacial score (nSPS) is 16.6. The average molecular weight is 463 g/mol. The van der Waals surface area contributed by atoms with Crippen molar-refractivity contribution in [2.75, 3.05) is 0 Å². The van der Waals surface area contributed by atoms with Gasteiger partial charge in [-0.05, 0) is 46.1 Å². The van der Waals surface area contributed by atoms with Crippen molar-refractivity contribution in [3.8, 4) is 11.1 Å². The summed E-state index contributed by atoms with van der Waals surface area (Å²) < 4.78 is 0. The van der Waals surface area contributed by atoms with Crippen molar-refractivity contribution in [1.82, 2.24) is 0 Å². The maximum Gasteiger partial charge on any atom is 2.00 e.